The predicted molar refractivity (Wildman–Crippen MR) is 114 cm³/mol. The molecule has 5 nitrogen and oxygen atoms in total. The number of aromatic nitrogens is 1. The van der Waals surface area contributed by atoms with Crippen LogP contribution in [-0.2, 0) is 6.61 Å². The van der Waals surface area contributed by atoms with E-state index >= 15 is 0 Å². The highest BCUT2D eigenvalue weighted by Gasteiger charge is 2.14. The summed E-state index contributed by atoms with van der Waals surface area (Å²) in [5, 5.41) is 4.75. The molecule has 0 radical (unpaired) electrons. The number of nitrogens with zero attached hydrogens (tertiary/aromatic N) is 2. The van der Waals surface area contributed by atoms with Gasteiger partial charge < -0.3 is 4.74 Å². The topological polar surface area (TPSA) is 63.6 Å². The van der Waals surface area contributed by atoms with Crippen molar-refractivity contribution in [2.45, 2.75) is 13.5 Å². The lowest BCUT2D eigenvalue weighted by Crippen LogP contribution is -2.20. The fourth-order valence-electron chi connectivity index (χ4n) is 2.41. The van der Waals surface area contributed by atoms with Gasteiger partial charge in [0.15, 0.2) is 0 Å². The molecule has 28 heavy (non-hydrogen) atoms. The third kappa shape index (κ3) is 5.18. The summed E-state index contributed by atoms with van der Waals surface area (Å²) in [6.45, 7) is 2.02. The molecule has 0 spiro atoms. The first kappa shape index (κ1) is 20.0. The standard InChI is InChI=1S/C21H17BrClN3O2/c1-14(19-8-4-5-11-24-19)25-26-21(27)17-12-16(22)9-10-20(17)28-13-15-6-2-3-7-18(15)23/h2-12H,13H2,1H3,(H,26,27)/b25-14+. The highest BCUT2D eigenvalue weighted by Crippen LogP contribution is 2.25. The van der Waals surface area contributed by atoms with E-state index in [0.717, 1.165) is 10.0 Å². The summed E-state index contributed by atoms with van der Waals surface area (Å²) < 4.78 is 6.60. The molecule has 3 aromatic rings. The highest BCUT2D eigenvalue weighted by atomic mass is 79.9. The number of hydrogen-bond donors (Lipinski definition) is 1. The normalized spacial score (nSPS) is 11.2. The Hall–Kier alpha value is -2.70. The number of amides is 1. The summed E-state index contributed by atoms with van der Waals surface area (Å²) in [4.78, 5) is 16.9. The zero-order valence-corrected chi connectivity index (χ0v) is 17.4. The first-order chi connectivity index (χ1) is 13.5. The summed E-state index contributed by atoms with van der Waals surface area (Å²) in [5.74, 6) is 0.0528. The second-order valence-electron chi connectivity index (χ2n) is 5.87. The van der Waals surface area contributed by atoms with E-state index in [0.29, 0.717) is 27.7 Å². The van der Waals surface area contributed by atoms with Gasteiger partial charge in [0.25, 0.3) is 5.91 Å². The minimum atomic E-state index is -0.384. The van der Waals surface area contributed by atoms with Crippen LogP contribution in [0.4, 0.5) is 0 Å². The van der Waals surface area contributed by atoms with Crippen molar-refractivity contribution >= 4 is 39.1 Å². The molecule has 0 fully saturated rings. The number of pyridine rings is 1. The smallest absolute Gasteiger partial charge is 0.275 e. The Bertz CT molecular complexity index is 1010. The largest absolute Gasteiger partial charge is 0.488 e. The lowest BCUT2D eigenvalue weighted by molar-refractivity contribution is 0.0950. The van der Waals surface area contributed by atoms with Crippen LogP contribution in [0.1, 0.15) is 28.5 Å². The van der Waals surface area contributed by atoms with Gasteiger partial charge in [-0.15, -0.1) is 0 Å². The van der Waals surface area contributed by atoms with Crippen LogP contribution in [0.2, 0.25) is 5.02 Å². The fraction of sp³-hybridized carbons (Fsp3) is 0.0952. The van der Waals surface area contributed by atoms with E-state index < -0.39 is 0 Å². The number of ether oxygens (including phenoxy) is 1. The number of benzene rings is 2. The number of rotatable bonds is 6. The van der Waals surface area contributed by atoms with Crippen LogP contribution in [0, 0.1) is 0 Å². The molecule has 1 heterocycles. The van der Waals surface area contributed by atoms with Gasteiger partial charge in [-0.1, -0.05) is 51.8 Å². The lowest BCUT2D eigenvalue weighted by Gasteiger charge is -2.12. The molecule has 0 aliphatic heterocycles. The number of hydrogen-bond acceptors (Lipinski definition) is 4. The number of carbonyl (C=O) groups is 1. The molecule has 0 aliphatic rings. The lowest BCUT2D eigenvalue weighted by atomic mass is 10.2. The third-order valence-corrected chi connectivity index (χ3v) is 4.75. The Balaban J connectivity index is 1.76. The van der Waals surface area contributed by atoms with E-state index in [4.69, 9.17) is 16.3 Å². The number of nitrogens with one attached hydrogen (secondary N) is 1. The molecule has 3 rings (SSSR count). The van der Waals surface area contributed by atoms with Crippen molar-refractivity contribution in [1.82, 2.24) is 10.4 Å². The SMILES string of the molecule is C/C(=N\NC(=O)c1cc(Br)ccc1OCc1ccccc1Cl)c1ccccn1. The Kier molecular flexibility index (Phi) is 6.79. The molecule has 2 aromatic carbocycles. The first-order valence-corrected chi connectivity index (χ1v) is 9.63. The van der Waals surface area contributed by atoms with Crippen molar-refractivity contribution in [2.75, 3.05) is 0 Å². The van der Waals surface area contributed by atoms with E-state index in [-0.39, 0.29) is 12.5 Å². The Labute approximate surface area is 176 Å². The van der Waals surface area contributed by atoms with Gasteiger partial charge in [-0.25, -0.2) is 5.43 Å². The van der Waals surface area contributed by atoms with Crippen molar-refractivity contribution in [3.63, 3.8) is 0 Å². The van der Waals surface area contributed by atoms with Gasteiger partial charge >= 0.3 is 0 Å². The van der Waals surface area contributed by atoms with Crippen LogP contribution in [0.15, 0.2) is 76.4 Å². The zero-order chi connectivity index (χ0) is 19.9. The number of hydrazone groups is 1. The molecule has 1 N–H and O–H groups in total. The summed E-state index contributed by atoms with van der Waals surface area (Å²) in [6, 6.07) is 18.1. The van der Waals surface area contributed by atoms with Crippen LogP contribution < -0.4 is 10.2 Å². The van der Waals surface area contributed by atoms with Crippen molar-refractivity contribution < 1.29 is 9.53 Å². The maximum absolute atomic E-state index is 12.7. The first-order valence-electron chi connectivity index (χ1n) is 8.46. The molecule has 142 valence electrons. The monoisotopic (exact) mass is 457 g/mol. The average molecular weight is 459 g/mol. The van der Waals surface area contributed by atoms with Gasteiger partial charge in [-0.05, 0) is 43.3 Å². The van der Waals surface area contributed by atoms with Gasteiger partial charge in [0.2, 0.25) is 0 Å². The maximum atomic E-state index is 12.7. The minimum absolute atomic E-state index is 0.248. The quantitative estimate of drug-likeness (QED) is 0.406. The molecular weight excluding hydrogens is 442 g/mol. The van der Waals surface area contributed by atoms with Gasteiger partial charge in [-0.2, -0.15) is 5.10 Å². The maximum Gasteiger partial charge on any atom is 0.275 e. The van der Waals surface area contributed by atoms with E-state index in [2.05, 4.69) is 31.4 Å². The Morgan fingerprint density at radius 2 is 1.96 bits per heavy atom. The third-order valence-electron chi connectivity index (χ3n) is 3.89. The van der Waals surface area contributed by atoms with Crippen molar-refractivity contribution in [2.24, 2.45) is 5.10 Å². The van der Waals surface area contributed by atoms with Crippen molar-refractivity contribution in [3.8, 4) is 5.75 Å². The highest BCUT2D eigenvalue weighted by molar-refractivity contribution is 9.10. The minimum Gasteiger partial charge on any atom is -0.488 e. The van der Waals surface area contributed by atoms with E-state index in [1.54, 1.807) is 37.4 Å². The zero-order valence-electron chi connectivity index (χ0n) is 15.0. The van der Waals surface area contributed by atoms with Crippen LogP contribution >= 0.6 is 27.5 Å². The molecule has 1 amide bonds. The van der Waals surface area contributed by atoms with Gasteiger partial charge in [-0.3, -0.25) is 9.78 Å². The van der Waals surface area contributed by atoms with E-state index in [9.17, 15) is 4.79 Å². The predicted octanol–water partition coefficient (Wildman–Crippen LogP) is 5.23. The average Bonchev–Trinajstić information content (AvgIpc) is 2.72. The molecule has 0 saturated heterocycles. The molecule has 0 atom stereocenters. The molecule has 0 saturated carbocycles. The summed E-state index contributed by atoms with van der Waals surface area (Å²) in [5.41, 5.74) is 5.04. The van der Waals surface area contributed by atoms with Crippen LogP contribution in [0.25, 0.3) is 0 Å². The summed E-state index contributed by atoms with van der Waals surface area (Å²) in [6.07, 6.45) is 1.67. The second kappa shape index (κ2) is 9.48. The van der Waals surface area contributed by atoms with Gasteiger partial charge in [0.05, 0.1) is 17.0 Å². The number of carbonyl (C=O) groups excluding carboxylic acids is 1. The van der Waals surface area contributed by atoms with Crippen molar-refractivity contribution in [1.29, 1.82) is 0 Å². The Morgan fingerprint density at radius 3 is 2.71 bits per heavy atom. The van der Waals surface area contributed by atoms with Gasteiger partial charge in [0.1, 0.15) is 12.4 Å². The molecule has 0 bridgehead atoms. The van der Waals surface area contributed by atoms with Crippen LogP contribution in [-0.4, -0.2) is 16.6 Å². The van der Waals surface area contributed by atoms with Gasteiger partial charge in [0, 0.05) is 21.3 Å². The molecule has 7 heteroatoms. The van der Waals surface area contributed by atoms with Crippen molar-refractivity contribution in [3.05, 3.63) is 93.2 Å². The Morgan fingerprint density at radius 1 is 1.18 bits per heavy atom. The fourth-order valence-corrected chi connectivity index (χ4v) is 2.96. The number of halogens is 2. The van der Waals surface area contributed by atoms with Crippen LogP contribution in [0.3, 0.4) is 0 Å². The molecule has 1 aromatic heterocycles. The second-order valence-corrected chi connectivity index (χ2v) is 7.20. The van der Waals surface area contributed by atoms with E-state index in [1.165, 1.54) is 0 Å². The summed E-state index contributed by atoms with van der Waals surface area (Å²) >= 11 is 9.56. The summed E-state index contributed by atoms with van der Waals surface area (Å²) in [7, 11) is 0. The van der Waals surface area contributed by atoms with E-state index in [1.807, 2.05) is 36.4 Å². The molecule has 0 unspecified atom stereocenters. The van der Waals surface area contributed by atoms with Crippen LogP contribution in [0.5, 0.6) is 5.75 Å². The molecule has 0 aliphatic carbocycles. The molecular formula is C21H17BrClN3O2.